The van der Waals surface area contributed by atoms with Gasteiger partial charge in [-0.15, -0.1) is 0 Å². The molecular weight excluding hydrogens is 220 g/mol. The first-order chi connectivity index (χ1) is 8.41. The van der Waals surface area contributed by atoms with Crippen LogP contribution in [0.4, 0.5) is 0 Å². The molecule has 0 bridgehead atoms. The molecular formula is C17H22O. The van der Waals surface area contributed by atoms with Crippen LogP contribution in [0.2, 0.25) is 0 Å². The molecule has 0 aromatic heterocycles. The van der Waals surface area contributed by atoms with Gasteiger partial charge in [0.25, 0.3) is 0 Å². The first-order valence-electron chi connectivity index (χ1n) is 6.68. The summed E-state index contributed by atoms with van der Waals surface area (Å²) in [4.78, 5) is 13.0. The molecule has 0 aromatic rings. The fraction of sp³-hybridized carbons (Fsp3) is 0.471. The predicted octanol–water partition coefficient (Wildman–Crippen LogP) is 4.09. The molecule has 2 aliphatic carbocycles. The van der Waals surface area contributed by atoms with Gasteiger partial charge in [0.05, 0.1) is 10.8 Å². The van der Waals surface area contributed by atoms with E-state index < -0.39 is 10.8 Å². The molecule has 0 N–H and O–H groups in total. The highest BCUT2D eigenvalue weighted by atomic mass is 16.1. The molecule has 1 heteroatoms. The molecule has 0 fully saturated rings. The van der Waals surface area contributed by atoms with Crippen LogP contribution in [-0.4, -0.2) is 5.78 Å². The first kappa shape index (κ1) is 13.1. The van der Waals surface area contributed by atoms with Crippen molar-refractivity contribution >= 4 is 5.78 Å². The summed E-state index contributed by atoms with van der Waals surface area (Å²) in [5.74, 6) is 0.813. The number of allylic oxidation sites excluding steroid dienone is 8. The van der Waals surface area contributed by atoms with Crippen LogP contribution in [0.3, 0.4) is 0 Å². The Labute approximate surface area is 110 Å². The van der Waals surface area contributed by atoms with Crippen LogP contribution in [0.1, 0.15) is 27.7 Å². The van der Waals surface area contributed by atoms with E-state index in [1.54, 1.807) is 0 Å². The Kier molecular flexibility index (Phi) is 3.18. The van der Waals surface area contributed by atoms with Crippen LogP contribution in [-0.2, 0) is 4.79 Å². The fourth-order valence-corrected chi connectivity index (χ4v) is 2.82. The van der Waals surface area contributed by atoms with Crippen molar-refractivity contribution in [3.8, 4) is 0 Å². The van der Waals surface area contributed by atoms with Gasteiger partial charge in [0.15, 0.2) is 5.78 Å². The molecule has 0 amide bonds. The Balaban J connectivity index is 2.37. The first-order valence-corrected chi connectivity index (χ1v) is 6.68. The second kappa shape index (κ2) is 4.38. The van der Waals surface area contributed by atoms with E-state index >= 15 is 0 Å². The van der Waals surface area contributed by atoms with E-state index in [0.29, 0.717) is 5.78 Å². The van der Waals surface area contributed by atoms with Crippen molar-refractivity contribution in [2.24, 2.45) is 22.7 Å². The maximum absolute atomic E-state index is 13.0. The molecule has 0 radical (unpaired) electrons. The zero-order valence-corrected chi connectivity index (χ0v) is 11.7. The van der Waals surface area contributed by atoms with E-state index in [9.17, 15) is 4.79 Å². The highest BCUT2D eigenvalue weighted by Crippen LogP contribution is 2.45. The number of Topliss-reactive ketones (excluding diaryl/α,β-unsaturated/α-hetero) is 1. The Bertz CT molecular complexity index is 424. The number of hydrogen-bond acceptors (Lipinski definition) is 1. The van der Waals surface area contributed by atoms with Gasteiger partial charge >= 0.3 is 0 Å². The van der Waals surface area contributed by atoms with E-state index in [2.05, 4.69) is 52.0 Å². The molecule has 0 spiro atoms. The van der Waals surface area contributed by atoms with Crippen molar-refractivity contribution in [3.05, 3.63) is 48.6 Å². The van der Waals surface area contributed by atoms with Gasteiger partial charge in [-0.05, 0) is 25.7 Å². The van der Waals surface area contributed by atoms with Crippen LogP contribution >= 0.6 is 0 Å². The third-order valence-corrected chi connectivity index (χ3v) is 4.78. The molecule has 0 saturated heterocycles. The van der Waals surface area contributed by atoms with Crippen molar-refractivity contribution in [1.29, 1.82) is 0 Å². The lowest BCUT2D eigenvalue weighted by Gasteiger charge is -2.41. The van der Waals surface area contributed by atoms with E-state index in [1.165, 1.54) is 0 Å². The molecule has 18 heavy (non-hydrogen) atoms. The lowest BCUT2D eigenvalue weighted by atomic mass is 9.60. The van der Waals surface area contributed by atoms with Gasteiger partial charge in [0.2, 0.25) is 0 Å². The van der Waals surface area contributed by atoms with Crippen LogP contribution in [0.5, 0.6) is 0 Å². The Morgan fingerprint density at radius 3 is 1.56 bits per heavy atom. The Hall–Kier alpha value is -1.37. The van der Waals surface area contributed by atoms with Gasteiger partial charge in [-0.25, -0.2) is 0 Å². The highest BCUT2D eigenvalue weighted by molar-refractivity contribution is 5.94. The third-order valence-electron chi connectivity index (χ3n) is 4.78. The quantitative estimate of drug-likeness (QED) is 0.712. The minimum absolute atomic E-state index is 0.248. The largest absolute Gasteiger partial charge is 0.298 e. The Morgan fingerprint density at radius 1 is 0.833 bits per heavy atom. The van der Waals surface area contributed by atoms with Crippen molar-refractivity contribution < 1.29 is 4.79 Å². The molecule has 0 aliphatic heterocycles. The molecule has 4 atom stereocenters. The SMILES string of the molecule is CC1C=CC=CC1(C)C(=O)C1(C)C=CC=CC1C. The zero-order valence-electron chi connectivity index (χ0n) is 11.7. The number of carbonyl (C=O) groups excluding carboxylic acids is 1. The smallest absolute Gasteiger partial charge is 0.153 e. The van der Waals surface area contributed by atoms with Gasteiger partial charge in [-0.2, -0.15) is 0 Å². The number of rotatable bonds is 2. The normalized spacial score (nSPS) is 42.2. The molecule has 0 aromatic carbocycles. The molecule has 2 aliphatic rings. The number of ketones is 1. The van der Waals surface area contributed by atoms with Crippen molar-refractivity contribution in [1.82, 2.24) is 0 Å². The lowest BCUT2D eigenvalue weighted by molar-refractivity contribution is -0.135. The van der Waals surface area contributed by atoms with Crippen molar-refractivity contribution in [3.63, 3.8) is 0 Å². The summed E-state index contributed by atoms with van der Waals surface area (Å²) < 4.78 is 0. The van der Waals surface area contributed by atoms with Gasteiger partial charge in [0, 0.05) is 0 Å². The topological polar surface area (TPSA) is 17.1 Å². The summed E-state index contributed by atoms with van der Waals surface area (Å²) in [6, 6.07) is 0. The van der Waals surface area contributed by atoms with E-state index in [1.807, 2.05) is 24.3 Å². The molecule has 1 nitrogen and oxygen atoms in total. The second-order valence-corrected chi connectivity index (χ2v) is 5.96. The van der Waals surface area contributed by atoms with Gasteiger partial charge in [0.1, 0.15) is 0 Å². The molecule has 4 unspecified atom stereocenters. The number of hydrogen-bond donors (Lipinski definition) is 0. The fourth-order valence-electron chi connectivity index (χ4n) is 2.82. The van der Waals surface area contributed by atoms with Crippen LogP contribution in [0.25, 0.3) is 0 Å². The van der Waals surface area contributed by atoms with Crippen LogP contribution in [0, 0.1) is 22.7 Å². The minimum atomic E-state index is -0.396. The van der Waals surface area contributed by atoms with Gasteiger partial charge < -0.3 is 0 Å². The van der Waals surface area contributed by atoms with E-state index in [0.717, 1.165) is 0 Å². The number of carbonyl (C=O) groups is 1. The second-order valence-electron chi connectivity index (χ2n) is 5.96. The Morgan fingerprint density at radius 2 is 1.22 bits per heavy atom. The maximum Gasteiger partial charge on any atom is 0.153 e. The van der Waals surface area contributed by atoms with Crippen molar-refractivity contribution in [2.45, 2.75) is 27.7 Å². The monoisotopic (exact) mass is 242 g/mol. The standard InChI is InChI=1S/C17H22O/c1-13-9-5-7-11-16(13,3)15(18)17(4)12-8-6-10-14(17)2/h5-14H,1-4H3. The molecule has 2 rings (SSSR count). The predicted molar refractivity (Wildman–Crippen MR) is 76.1 cm³/mol. The van der Waals surface area contributed by atoms with Crippen molar-refractivity contribution in [2.75, 3.05) is 0 Å². The molecule has 96 valence electrons. The molecule has 0 heterocycles. The van der Waals surface area contributed by atoms with Crippen LogP contribution < -0.4 is 0 Å². The average Bonchev–Trinajstić information content (AvgIpc) is 2.36. The lowest BCUT2D eigenvalue weighted by Crippen LogP contribution is -2.45. The summed E-state index contributed by atoms with van der Waals surface area (Å²) in [5, 5.41) is 0. The third kappa shape index (κ3) is 1.82. The average molecular weight is 242 g/mol. The van der Waals surface area contributed by atoms with Crippen LogP contribution in [0.15, 0.2) is 48.6 Å². The zero-order chi connectivity index (χ0) is 13.4. The van der Waals surface area contributed by atoms with E-state index in [4.69, 9.17) is 0 Å². The van der Waals surface area contributed by atoms with Gasteiger partial charge in [-0.3, -0.25) is 4.79 Å². The van der Waals surface area contributed by atoms with E-state index in [-0.39, 0.29) is 11.8 Å². The molecule has 0 saturated carbocycles. The minimum Gasteiger partial charge on any atom is -0.298 e. The summed E-state index contributed by atoms with van der Waals surface area (Å²) in [6.07, 6.45) is 16.4. The maximum atomic E-state index is 13.0. The summed E-state index contributed by atoms with van der Waals surface area (Å²) in [6.45, 7) is 8.36. The van der Waals surface area contributed by atoms with Gasteiger partial charge in [-0.1, -0.05) is 62.5 Å². The highest BCUT2D eigenvalue weighted by Gasteiger charge is 2.47. The summed E-state index contributed by atoms with van der Waals surface area (Å²) in [7, 11) is 0. The summed E-state index contributed by atoms with van der Waals surface area (Å²) >= 11 is 0. The summed E-state index contributed by atoms with van der Waals surface area (Å²) in [5.41, 5.74) is -0.791.